The maximum absolute atomic E-state index is 10.9. The van der Waals surface area contributed by atoms with E-state index in [1.54, 1.807) is 0 Å². The van der Waals surface area contributed by atoms with Gasteiger partial charge < -0.3 is 19.8 Å². The molecule has 0 heterocycles. The standard InChI is InChI=1S/C10H14O4/c11-9(12)7-5-1-2-6(4-3-5)8(7)10(13)14/h5-8H,1-4H2,(H,11,12)(H,13,14)/p-2/t5?,6?,7-,8-/m1/s1. The Hall–Kier alpha value is -1.06. The highest BCUT2D eigenvalue weighted by molar-refractivity contribution is 5.79. The van der Waals surface area contributed by atoms with Crippen LogP contribution in [0.1, 0.15) is 25.7 Å². The molecular formula is C10H12O4-2. The van der Waals surface area contributed by atoms with Gasteiger partial charge in [-0.2, -0.15) is 0 Å². The number of aliphatic carboxylic acids is 2. The van der Waals surface area contributed by atoms with Gasteiger partial charge in [-0.1, -0.05) is 0 Å². The first-order valence-electron chi connectivity index (χ1n) is 5.03. The van der Waals surface area contributed by atoms with Crippen LogP contribution in [-0.4, -0.2) is 11.9 Å². The first-order valence-corrected chi connectivity index (χ1v) is 5.03. The van der Waals surface area contributed by atoms with E-state index in [1.165, 1.54) is 0 Å². The van der Waals surface area contributed by atoms with Gasteiger partial charge in [0, 0.05) is 23.8 Å². The number of rotatable bonds is 2. The summed E-state index contributed by atoms with van der Waals surface area (Å²) >= 11 is 0. The highest BCUT2D eigenvalue weighted by Gasteiger charge is 2.44. The highest BCUT2D eigenvalue weighted by atomic mass is 16.4. The van der Waals surface area contributed by atoms with Crippen molar-refractivity contribution in [2.75, 3.05) is 0 Å². The van der Waals surface area contributed by atoms with Crippen LogP contribution in [0.25, 0.3) is 0 Å². The molecule has 0 aliphatic heterocycles. The minimum absolute atomic E-state index is 0.00657. The quantitative estimate of drug-likeness (QED) is 0.540. The molecule has 0 spiro atoms. The first-order chi connectivity index (χ1) is 6.61. The SMILES string of the molecule is O=C([O-])[C@@H]1C2CCC(CC2)[C@H]1C(=O)[O-]. The molecule has 0 saturated heterocycles. The molecule has 2 atom stereocenters. The maximum atomic E-state index is 10.9. The fourth-order valence-corrected chi connectivity index (χ4v) is 3.13. The van der Waals surface area contributed by atoms with Gasteiger partial charge in [-0.15, -0.1) is 0 Å². The van der Waals surface area contributed by atoms with Crippen molar-refractivity contribution >= 4 is 11.9 Å². The van der Waals surface area contributed by atoms with Crippen molar-refractivity contribution in [1.82, 2.24) is 0 Å². The largest absolute Gasteiger partial charge is 0.550 e. The second-order valence-electron chi connectivity index (χ2n) is 4.36. The monoisotopic (exact) mass is 196 g/mol. The molecule has 3 aliphatic carbocycles. The van der Waals surface area contributed by atoms with Gasteiger partial charge in [-0.3, -0.25) is 0 Å². The molecule has 78 valence electrons. The molecule has 3 saturated carbocycles. The zero-order valence-corrected chi connectivity index (χ0v) is 7.77. The summed E-state index contributed by atoms with van der Waals surface area (Å²) in [5.41, 5.74) is 0. The van der Waals surface area contributed by atoms with Crippen molar-refractivity contribution in [1.29, 1.82) is 0 Å². The molecule has 14 heavy (non-hydrogen) atoms. The van der Waals surface area contributed by atoms with Gasteiger partial charge in [0.15, 0.2) is 0 Å². The predicted octanol–water partition coefficient (Wildman–Crippen LogP) is -1.46. The average molecular weight is 196 g/mol. The fraction of sp³-hybridized carbons (Fsp3) is 0.800. The molecule has 0 unspecified atom stereocenters. The molecule has 4 heteroatoms. The summed E-state index contributed by atoms with van der Waals surface area (Å²) in [6.07, 6.45) is 3.31. The Morgan fingerprint density at radius 1 is 0.786 bits per heavy atom. The van der Waals surface area contributed by atoms with Crippen molar-refractivity contribution < 1.29 is 19.8 Å². The van der Waals surface area contributed by atoms with E-state index in [0.717, 1.165) is 25.7 Å². The molecule has 0 aromatic carbocycles. The van der Waals surface area contributed by atoms with E-state index in [9.17, 15) is 19.8 Å². The Balaban J connectivity index is 2.27. The lowest BCUT2D eigenvalue weighted by atomic mass is 9.58. The Bertz CT molecular complexity index is 237. The van der Waals surface area contributed by atoms with Crippen molar-refractivity contribution in [3.63, 3.8) is 0 Å². The van der Waals surface area contributed by atoms with E-state index in [2.05, 4.69) is 0 Å². The summed E-state index contributed by atoms with van der Waals surface area (Å²) < 4.78 is 0. The molecule has 0 aromatic rings. The average Bonchev–Trinajstić information content (AvgIpc) is 2.17. The number of carboxylic acids is 2. The maximum Gasteiger partial charge on any atom is 0.0454 e. The van der Waals surface area contributed by atoms with E-state index in [0.29, 0.717) is 0 Å². The van der Waals surface area contributed by atoms with Crippen LogP contribution in [0.5, 0.6) is 0 Å². The molecule has 3 aliphatic rings. The lowest BCUT2D eigenvalue weighted by Crippen LogP contribution is -2.54. The van der Waals surface area contributed by atoms with Gasteiger partial charge >= 0.3 is 0 Å². The highest BCUT2D eigenvalue weighted by Crippen LogP contribution is 2.48. The Labute approximate surface area is 81.9 Å². The zero-order chi connectivity index (χ0) is 10.3. The normalized spacial score (nSPS) is 40.9. The number of carbonyl (C=O) groups excluding carboxylic acids is 2. The number of hydrogen-bond acceptors (Lipinski definition) is 4. The van der Waals surface area contributed by atoms with Crippen LogP contribution < -0.4 is 10.2 Å². The second kappa shape index (κ2) is 3.26. The number of carboxylic acid groups (broad SMARTS) is 2. The van der Waals surface area contributed by atoms with E-state index in [4.69, 9.17) is 0 Å². The van der Waals surface area contributed by atoms with Crippen LogP contribution in [-0.2, 0) is 9.59 Å². The lowest BCUT2D eigenvalue weighted by Gasteiger charge is -2.49. The molecule has 0 aromatic heterocycles. The summed E-state index contributed by atoms with van der Waals surface area (Å²) in [6, 6.07) is 0. The third-order valence-corrected chi connectivity index (χ3v) is 3.76. The Morgan fingerprint density at radius 3 is 1.29 bits per heavy atom. The lowest BCUT2D eigenvalue weighted by molar-refractivity contribution is -0.334. The van der Waals surface area contributed by atoms with Crippen LogP contribution in [0.2, 0.25) is 0 Å². The minimum atomic E-state index is -1.21. The van der Waals surface area contributed by atoms with Gasteiger partial charge in [-0.25, -0.2) is 0 Å². The third kappa shape index (κ3) is 1.29. The van der Waals surface area contributed by atoms with Crippen molar-refractivity contribution in [2.45, 2.75) is 25.7 Å². The van der Waals surface area contributed by atoms with Crippen molar-refractivity contribution in [3.8, 4) is 0 Å². The molecular weight excluding hydrogens is 184 g/mol. The second-order valence-corrected chi connectivity index (χ2v) is 4.36. The first kappa shape index (κ1) is 9.49. The third-order valence-electron chi connectivity index (χ3n) is 3.76. The summed E-state index contributed by atoms with van der Waals surface area (Å²) in [7, 11) is 0. The predicted molar refractivity (Wildman–Crippen MR) is 42.4 cm³/mol. The fourth-order valence-electron chi connectivity index (χ4n) is 3.13. The smallest absolute Gasteiger partial charge is 0.0454 e. The Morgan fingerprint density at radius 2 is 1.07 bits per heavy atom. The number of hydrogen-bond donors (Lipinski definition) is 0. The van der Waals surface area contributed by atoms with E-state index < -0.39 is 23.8 Å². The zero-order valence-electron chi connectivity index (χ0n) is 7.77. The van der Waals surface area contributed by atoms with Gasteiger partial charge in [0.05, 0.1) is 0 Å². The molecule has 3 fully saturated rings. The molecule has 0 radical (unpaired) electrons. The van der Waals surface area contributed by atoms with Crippen LogP contribution in [0.15, 0.2) is 0 Å². The molecule has 3 rings (SSSR count). The topological polar surface area (TPSA) is 80.3 Å². The Kier molecular flexibility index (Phi) is 2.21. The molecule has 0 N–H and O–H groups in total. The van der Waals surface area contributed by atoms with E-state index in [1.807, 2.05) is 0 Å². The summed E-state index contributed by atoms with van der Waals surface area (Å²) in [5, 5.41) is 21.7. The van der Waals surface area contributed by atoms with Gasteiger partial charge in [-0.05, 0) is 37.5 Å². The van der Waals surface area contributed by atoms with Gasteiger partial charge in [0.25, 0.3) is 0 Å². The summed E-state index contributed by atoms with van der Waals surface area (Å²) in [4.78, 5) is 21.7. The molecule has 2 bridgehead atoms. The van der Waals surface area contributed by atoms with Crippen LogP contribution in [0.3, 0.4) is 0 Å². The van der Waals surface area contributed by atoms with Crippen LogP contribution in [0, 0.1) is 23.7 Å². The summed E-state index contributed by atoms with van der Waals surface area (Å²) in [6.45, 7) is 0. The molecule has 0 amide bonds. The van der Waals surface area contributed by atoms with E-state index >= 15 is 0 Å². The number of carbonyl (C=O) groups is 2. The van der Waals surface area contributed by atoms with Crippen LogP contribution >= 0.6 is 0 Å². The van der Waals surface area contributed by atoms with Gasteiger partial charge in [0.1, 0.15) is 0 Å². The van der Waals surface area contributed by atoms with Crippen molar-refractivity contribution in [3.05, 3.63) is 0 Å². The number of fused-ring (bicyclic) bond motifs is 3. The van der Waals surface area contributed by atoms with Gasteiger partial charge in [0.2, 0.25) is 0 Å². The van der Waals surface area contributed by atoms with Crippen LogP contribution in [0.4, 0.5) is 0 Å². The molecule has 4 nitrogen and oxygen atoms in total. The summed E-state index contributed by atoms with van der Waals surface area (Å²) in [5.74, 6) is -4.07. The van der Waals surface area contributed by atoms with E-state index in [-0.39, 0.29) is 11.8 Å². The van der Waals surface area contributed by atoms with Crippen molar-refractivity contribution in [2.24, 2.45) is 23.7 Å². The minimum Gasteiger partial charge on any atom is -0.550 e.